The van der Waals surface area contributed by atoms with Crippen LogP contribution in [0.2, 0.25) is 0 Å². The molecule has 16 nitrogen and oxygen atoms in total. The third-order valence-corrected chi connectivity index (χ3v) is 15.1. The summed E-state index contributed by atoms with van der Waals surface area (Å²) in [5, 5.41) is 16.6. The first-order chi connectivity index (χ1) is 36.7. The van der Waals surface area contributed by atoms with Crippen LogP contribution in [0.1, 0.15) is 117 Å². The summed E-state index contributed by atoms with van der Waals surface area (Å²) in [6, 6.07) is 28.3. The van der Waals surface area contributed by atoms with Crippen molar-refractivity contribution in [2.24, 2.45) is 0 Å². The minimum Gasteiger partial charge on any atom is -0.493 e. The smallest absolute Gasteiger partial charge is 0.258 e. The Labute approximate surface area is 442 Å². The Kier molecular flexibility index (Phi) is 16.3. The number of benzene rings is 5. The van der Waals surface area contributed by atoms with Gasteiger partial charge in [0, 0.05) is 93.3 Å². The lowest BCUT2D eigenvalue weighted by atomic mass is 9.96. The number of ketones is 2. The summed E-state index contributed by atoms with van der Waals surface area (Å²) in [4.78, 5) is 96.3. The maximum atomic E-state index is 14.2. The number of aliphatic hydroxyl groups is 1. The van der Waals surface area contributed by atoms with Crippen LogP contribution in [0.5, 0.6) is 17.2 Å². The molecule has 0 fully saturated rings. The van der Waals surface area contributed by atoms with Crippen LogP contribution in [0.4, 0.5) is 17.1 Å². The highest BCUT2D eigenvalue weighted by molar-refractivity contribution is 6.10. The van der Waals surface area contributed by atoms with Crippen molar-refractivity contribution in [1.82, 2.24) is 10.6 Å². The number of nitrogens with one attached hydrogen (secondary N) is 2. The van der Waals surface area contributed by atoms with Crippen LogP contribution in [0.25, 0.3) is 0 Å². The second-order valence-electron chi connectivity index (χ2n) is 20.3. The van der Waals surface area contributed by atoms with Gasteiger partial charge in [0.15, 0.2) is 17.3 Å². The van der Waals surface area contributed by atoms with E-state index in [4.69, 9.17) is 14.2 Å². The van der Waals surface area contributed by atoms with Crippen LogP contribution in [-0.2, 0) is 62.9 Å². The second-order valence-corrected chi connectivity index (χ2v) is 20.3. The van der Waals surface area contributed by atoms with Crippen molar-refractivity contribution in [1.29, 1.82) is 0 Å². The maximum Gasteiger partial charge on any atom is 0.258 e. The number of fused-ring (bicyclic) bond motifs is 8. The minimum atomic E-state index is -0.797. The minimum absolute atomic E-state index is 0.0322. The summed E-state index contributed by atoms with van der Waals surface area (Å²) in [6.45, 7) is 1.71. The van der Waals surface area contributed by atoms with Gasteiger partial charge in [-0.2, -0.15) is 0 Å². The number of ether oxygens (including phenoxy) is 3. The van der Waals surface area contributed by atoms with E-state index in [1.54, 1.807) is 25.1 Å². The summed E-state index contributed by atoms with van der Waals surface area (Å²) < 4.78 is 18.8. The predicted octanol–water partition coefficient (Wildman–Crippen LogP) is 7.25. The van der Waals surface area contributed by atoms with E-state index in [1.165, 1.54) is 12.0 Å². The molecule has 0 saturated carbocycles. The summed E-state index contributed by atoms with van der Waals surface area (Å²) in [7, 11) is 4.71. The topological polar surface area (TPSA) is 201 Å². The number of aryl methyl sites for hydroxylation is 2. The lowest BCUT2D eigenvalue weighted by molar-refractivity contribution is -0.127. The van der Waals surface area contributed by atoms with E-state index in [1.807, 2.05) is 90.7 Å². The molecule has 0 aromatic heterocycles. The molecule has 76 heavy (non-hydrogen) atoms. The zero-order chi connectivity index (χ0) is 53.6. The Morgan fingerprint density at radius 1 is 0.658 bits per heavy atom. The number of nitrogens with zero attached hydrogens (tertiary/aromatic N) is 3. The Balaban J connectivity index is 0.891. The number of para-hydroxylation sites is 2. The normalized spacial score (nSPS) is 16.9. The van der Waals surface area contributed by atoms with Crippen molar-refractivity contribution in [2.75, 3.05) is 42.4 Å². The molecule has 9 rings (SSSR count). The van der Waals surface area contributed by atoms with Crippen LogP contribution >= 0.6 is 0 Å². The highest BCUT2D eigenvalue weighted by atomic mass is 16.5. The molecule has 3 N–H and O–H groups in total. The number of methoxy groups -OCH3 is 1. The van der Waals surface area contributed by atoms with E-state index in [9.17, 15) is 38.7 Å². The zero-order valence-electron chi connectivity index (χ0n) is 43.6. The van der Waals surface area contributed by atoms with Gasteiger partial charge < -0.3 is 44.7 Å². The van der Waals surface area contributed by atoms with Crippen LogP contribution in [0.15, 0.2) is 91.0 Å². The van der Waals surface area contributed by atoms with E-state index in [0.717, 1.165) is 46.5 Å². The standard InChI is InChI=1S/C60H65N5O11/c1-36-23-47-42(29-52(68)51-28-41-12-6-9-15-50(41)65(51)60(47)73)31-53(36)75-34-37-24-38(35-76-55-30-39-17-18-43-27-40-11-5-8-14-49(40)64(43)59(72)48(39)32-54(55)74-4)26-44(25-37)63(3)58(71)22-20-46(67)33-62-57(70)21-19-45(66)13-7-10-16-56(69)61-2/h5-6,8-9,11-12,14-15,23-26,30-32,43,51-52,68H,7,10,13,16-22,27-29,33-35H2,1-4H3,(H,61,69)(H,62,70)/t43-,51+,52?/m1/s1. The average molecular weight is 1030 g/mol. The third-order valence-electron chi connectivity index (χ3n) is 15.1. The number of amides is 5. The quantitative estimate of drug-likeness (QED) is 0.0626. The third kappa shape index (κ3) is 11.7. The van der Waals surface area contributed by atoms with Gasteiger partial charge in [0.1, 0.15) is 24.7 Å². The molecule has 5 aromatic rings. The molecule has 5 amide bonds. The molecule has 3 atom stereocenters. The van der Waals surface area contributed by atoms with Gasteiger partial charge in [0.25, 0.3) is 11.8 Å². The predicted molar refractivity (Wildman–Crippen MR) is 286 cm³/mol. The molecule has 0 radical (unpaired) electrons. The number of hydrogen-bond donors (Lipinski definition) is 3. The number of Topliss-reactive ketones (excluding diaryl/α,β-unsaturated/α-hetero) is 2. The van der Waals surface area contributed by atoms with Crippen LogP contribution in [0, 0.1) is 6.92 Å². The van der Waals surface area contributed by atoms with E-state index >= 15 is 0 Å². The number of carbonyl (C=O) groups excluding carboxylic acids is 7. The summed E-state index contributed by atoms with van der Waals surface area (Å²) in [6.07, 6.45) is 3.72. The Bertz CT molecular complexity index is 3100. The lowest BCUT2D eigenvalue weighted by Gasteiger charge is -2.26. The van der Waals surface area contributed by atoms with Gasteiger partial charge in [-0.25, -0.2) is 0 Å². The first kappa shape index (κ1) is 53.0. The molecule has 0 aliphatic carbocycles. The van der Waals surface area contributed by atoms with Crippen LogP contribution < -0.4 is 39.5 Å². The molecule has 16 heteroatoms. The number of carbonyl (C=O) groups is 7. The highest BCUT2D eigenvalue weighted by Gasteiger charge is 2.42. The van der Waals surface area contributed by atoms with Crippen molar-refractivity contribution >= 4 is 58.2 Å². The number of rotatable bonds is 21. The lowest BCUT2D eigenvalue weighted by Crippen LogP contribution is -2.43. The molecule has 1 unspecified atom stereocenters. The fraction of sp³-hybridized carbons (Fsp3) is 0.383. The van der Waals surface area contributed by atoms with E-state index in [2.05, 4.69) is 16.7 Å². The van der Waals surface area contributed by atoms with E-state index < -0.39 is 12.0 Å². The van der Waals surface area contributed by atoms with E-state index in [-0.39, 0.29) is 106 Å². The fourth-order valence-electron chi connectivity index (χ4n) is 10.9. The number of hydrogen-bond acceptors (Lipinski definition) is 11. The highest BCUT2D eigenvalue weighted by Crippen LogP contribution is 2.42. The Morgan fingerprint density at radius 3 is 2.01 bits per heavy atom. The maximum absolute atomic E-state index is 14.2. The van der Waals surface area contributed by atoms with Crippen molar-refractivity contribution in [3.8, 4) is 17.2 Å². The Hall–Kier alpha value is -7.85. The van der Waals surface area contributed by atoms with Gasteiger partial charge >= 0.3 is 0 Å². The molecule has 4 aliphatic rings. The van der Waals surface area contributed by atoms with Crippen molar-refractivity contribution < 1.29 is 52.9 Å². The first-order valence-electron chi connectivity index (χ1n) is 26.2. The average Bonchev–Trinajstić information content (AvgIpc) is 3.98. The van der Waals surface area contributed by atoms with Crippen LogP contribution in [-0.4, -0.2) is 92.1 Å². The number of unbranched alkanes of at least 4 members (excludes halogenated alkanes) is 1. The molecule has 0 bridgehead atoms. The van der Waals surface area contributed by atoms with Gasteiger partial charge in [-0.05, 0) is 139 Å². The molecular weight excluding hydrogens is 967 g/mol. The molecule has 4 aliphatic heterocycles. The van der Waals surface area contributed by atoms with Crippen molar-refractivity contribution in [3.05, 3.63) is 141 Å². The van der Waals surface area contributed by atoms with Gasteiger partial charge in [-0.3, -0.25) is 33.6 Å². The Morgan fingerprint density at radius 2 is 1.29 bits per heavy atom. The van der Waals surface area contributed by atoms with Crippen molar-refractivity contribution in [3.63, 3.8) is 0 Å². The van der Waals surface area contributed by atoms with Gasteiger partial charge in [-0.1, -0.05) is 36.4 Å². The molecule has 0 spiro atoms. The molecule has 5 aromatic carbocycles. The van der Waals surface area contributed by atoms with Crippen LogP contribution in [0.3, 0.4) is 0 Å². The summed E-state index contributed by atoms with van der Waals surface area (Å²) >= 11 is 0. The second kappa shape index (κ2) is 23.4. The van der Waals surface area contributed by atoms with Gasteiger partial charge in [-0.15, -0.1) is 0 Å². The van der Waals surface area contributed by atoms with Gasteiger partial charge in [0.05, 0.1) is 25.8 Å². The zero-order valence-corrected chi connectivity index (χ0v) is 43.6. The summed E-state index contributed by atoms with van der Waals surface area (Å²) in [5.74, 6) is -0.157. The number of anilines is 3. The van der Waals surface area contributed by atoms with E-state index in [0.29, 0.717) is 82.9 Å². The van der Waals surface area contributed by atoms with Gasteiger partial charge in [0.2, 0.25) is 17.7 Å². The molecule has 0 saturated heterocycles. The fourth-order valence-corrected chi connectivity index (χ4v) is 10.9. The SMILES string of the molecule is CNC(=O)CCCCC(=O)CCC(=O)NCC(=O)CCC(=O)N(C)c1cc(COc2cc3c(cc2C)C(=O)N2c4ccccc4C[C@H]2C(O)C3)cc(COc2cc3c(cc2OC)C(=O)N2c4ccccc4C[C@H]2CC3)c1. The summed E-state index contributed by atoms with van der Waals surface area (Å²) in [5.41, 5.74) is 9.21. The number of aliphatic hydroxyl groups excluding tert-OH is 1. The molecule has 396 valence electrons. The molecule has 4 heterocycles. The van der Waals surface area contributed by atoms with Crippen molar-refractivity contribution in [2.45, 2.75) is 122 Å². The largest absolute Gasteiger partial charge is 0.493 e. The first-order valence-corrected chi connectivity index (χ1v) is 26.2. The molecular formula is C60H65N5O11. The monoisotopic (exact) mass is 1030 g/mol.